The summed E-state index contributed by atoms with van der Waals surface area (Å²) in [6, 6.07) is 12.1. The Kier molecular flexibility index (Phi) is 6.57. The molecule has 0 aliphatic rings. The lowest BCUT2D eigenvalue weighted by Crippen LogP contribution is -2.28. The lowest BCUT2D eigenvalue weighted by Gasteiger charge is -2.21. The van der Waals surface area contributed by atoms with E-state index in [2.05, 4.69) is 0 Å². The van der Waals surface area contributed by atoms with Gasteiger partial charge < -0.3 is 9.32 Å². The Morgan fingerprint density at radius 1 is 0.838 bits per heavy atom. The average molecular weight is 523 g/mol. The number of alkyl halides is 6. The number of amides is 1. The summed E-state index contributed by atoms with van der Waals surface area (Å²) in [4.78, 5) is 26.8. The van der Waals surface area contributed by atoms with Crippen molar-refractivity contribution < 1.29 is 39.9 Å². The molecular formula is C26H16F7NO3. The molecule has 0 radical (unpaired) electrons. The lowest BCUT2D eigenvalue weighted by molar-refractivity contribution is -0.143. The van der Waals surface area contributed by atoms with Gasteiger partial charge in [-0.3, -0.25) is 4.79 Å². The molecule has 0 N–H and O–H groups in total. The van der Waals surface area contributed by atoms with Crippen LogP contribution in [0.5, 0.6) is 0 Å². The van der Waals surface area contributed by atoms with Gasteiger partial charge in [0.2, 0.25) is 5.76 Å². The monoisotopic (exact) mass is 523 g/mol. The zero-order valence-corrected chi connectivity index (χ0v) is 18.9. The molecular weight excluding hydrogens is 507 g/mol. The Morgan fingerprint density at radius 2 is 1.38 bits per heavy atom. The number of rotatable bonds is 4. The minimum absolute atomic E-state index is 0.0136. The second-order valence-corrected chi connectivity index (χ2v) is 8.22. The minimum atomic E-state index is -5.06. The molecule has 192 valence electrons. The van der Waals surface area contributed by atoms with E-state index in [1.54, 1.807) is 12.1 Å². The van der Waals surface area contributed by atoms with Crippen molar-refractivity contribution in [1.29, 1.82) is 0 Å². The summed E-state index contributed by atoms with van der Waals surface area (Å²) in [5, 5.41) is 0.411. The zero-order valence-electron chi connectivity index (χ0n) is 18.9. The predicted octanol–water partition coefficient (Wildman–Crippen LogP) is 6.91. The van der Waals surface area contributed by atoms with Crippen LogP contribution in [0.15, 0.2) is 75.9 Å². The van der Waals surface area contributed by atoms with E-state index in [0.717, 1.165) is 24.1 Å². The normalized spacial score (nSPS) is 12.1. The first-order valence-electron chi connectivity index (χ1n) is 10.6. The number of carbonyl (C=O) groups excluding carboxylic acids is 1. The molecule has 0 spiro atoms. The maximum absolute atomic E-state index is 13.5. The molecule has 4 aromatic rings. The van der Waals surface area contributed by atoms with Gasteiger partial charge >= 0.3 is 18.0 Å². The fourth-order valence-electron chi connectivity index (χ4n) is 3.88. The Balaban J connectivity index is 1.81. The highest BCUT2D eigenvalue weighted by Crippen LogP contribution is 2.37. The van der Waals surface area contributed by atoms with Crippen molar-refractivity contribution in [1.82, 2.24) is 4.90 Å². The Bertz CT molecular complexity index is 1510. The topological polar surface area (TPSA) is 50.5 Å². The van der Waals surface area contributed by atoms with Gasteiger partial charge in [-0.15, -0.1) is 0 Å². The predicted molar refractivity (Wildman–Crippen MR) is 120 cm³/mol. The van der Waals surface area contributed by atoms with Crippen molar-refractivity contribution in [3.63, 3.8) is 0 Å². The first-order chi connectivity index (χ1) is 17.3. The van der Waals surface area contributed by atoms with Crippen molar-refractivity contribution in [2.45, 2.75) is 18.9 Å². The molecule has 1 heterocycles. The number of carbonyl (C=O) groups is 1. The number of nitrogens with zero attached hydrogens (tertiary/aromatic N) is 1. The molecule has 3 aromatic carbocycles. The highest BCUT2D eigenvalue weighted by Gasteiger charge is 2.37. The van der Waals surface area contributed by atoms with Gasteiger partial charge in [-0.05, 0) is 47.5 Å². The summed E-state index contributed by atoms with van der Waals surface area (Å²) in [7, 11) is 1.14. The van der Waals surface area contributed by atoms with Crippen LogP contribution in [0.4, 0.5) is 30.7 Å². The van der Waals surface area contributed by atoms with Crippen LogP contribution >= 0.6 is 0 Å². The van der Waals surface area contributed by atoms with Gasteiger partial charge in [0.15, 0.2) is 0 Å². The largest absolute Gasteiger partial charge is 0.416 e. The molecule has 0 saturated heterocycles. The van der Waals surface area contributed by atoms with Crippen LogP contribution in [-0.4, -0.2) is 17.9 Å². The summed E-state index contributed by atoms with van der Waals surface area (Å²) < 4.78 is 98.2. The zero-order chi connectivity index (χ0) is 27.1. The van der Waals surface area contributed by atoms with Gasteiger partial charge in [0, 0.05) is 24.5 Å². The fraction of sp³-hybridized carbons (Fsp3) is 0.154. The van der Waals surface area contributed by atoms with Gasteiger partial charge in [0.05, 0.1) is 16.5 Å². The van der Waals surface area contributed by atoms with Gasteiger partial charge in [-0.25, -0.2) is 9.18 Å². The first-order valence-corrected chi connectivity index (χ1v) is 10.6. The summed E-state index contributed by atoms with van der Waals surface area (Å²) in [6.45, 7) is -0.661. The summed E-state index contributed by atoms with van der Waals surface area (Å²) in [5.41, 5.74) is -3.95. The van der Waals surface area contributed by atoms with E-state index in [-0.39, 0.29) is 17.0 Å². The van der Waals surface area contributed by atoms with Gasteiger partial charge in [0.1, 0.15) is 5.82 Å². The quantitative estimate of drug-likeness (QED) is 0.273. The molecule has 0 atom stereocenters. The molecule has 4 nitrogen and oxygen atoms in total. The van der Waals surface area contributed by atoms with Gasteiger partial charge in [-0.2, -0.15) is 26.3 Å². The molecule has 0 aliphatic carbocycles. The standard InChI is InChI=1S/C26H16F7NO3/c1-34(13-14-10-16(25(28,29)30)12-17(11-14)26(31,32)33)23(35)22-21(15-6-8-18(27)9-7-15)19-4-2-3-5-20(19)24(36)37-22/h2-12H,13H2,1H3. The molecule has 0 fully saturated rings. The number of halogens is 7. The second-order valence-electron chi connectivity index (χ2n) is 8.22. The van der Waals surface area contributed by atoms with Crippen LogP contribution in [0.3, 0.4) is 0 Å². The van der Waals surface area contributed by atoms with Gasteiger partial charge in [-0.1, -0.05) is 30.3 Å². The Labute approximate surface area is 204 Å². The maximum atomic E-state index is 13.5. The maximum Gasteiger partial charge on any atom is 0.416 e. The molecule has 0 bridgehead atoms. The first kappa shape index (κ1) is 25.9. The summed E-state index contributed by atoms with van der Waals surface area (Å²) in [5.74, 6) is -2.05. The van der Waals surface area contributed by atoms with E-state index in [1.165, 1.54) is 24.3 Å². The van der Waals surface area contributed by atoms with Crippen LogP contribution in [0.1, 0.15) is 27.2 Å². The third-order valence-electron chi connectivity index (χ3n) is 5.58. The molecule has 0 saturated carbocycles. The third-order valence-corrected chi connectivity index (χ3v) is 5.58. The fourth-order valence-corrected chi connectivity index (χ4v) is 3.88. The molecule has 0 aliphatic heterocycles. The lowest BCUT2D eigenvalue weighted by atomic mass is 9.97. The molecule has 4 rings (SSSR count). The van der Waals surface area contributed by atoms with Crippen LogP contribution in [0.2, 0.25) is 0 Å². The SMILES string of the molecule is CN(Cc1cc(C(F)(F)F)cc(C(F)(F)F)c1)C(=O)c1oc(=O)c2ccccc2c1-c1ccc(F)cc1. The van der Waals surface area contributed by atoms with E-state index in [4.69, 9.17) is 4.42 Å². The van der Waals surface area contributed by atoms with Crippen molar-refractivity contribution in [3.8, 4) is 11.1 Å². The van der Waals surface area contributed by atoms with Crippen molar-refractivity contribution in [2.24, 2.45) is 0 Å². The van der Waals surface area contributed by atoms with E-state index in [9.17, 15) is 40.3 Å². The van der Waals surface area contributed by atoms with Crippen molar-refractivity contribution >= 4 is 16.7 Å². The van der Waals surface area contributed by atoms with E-state index in [1.807, 2.05) is 0 Å². The van der Waals surface area contributed by atoms with Crippen LogP contribution in [-0.2, 0) is 18.9 Å². The second kappa shape index (κ2) is 9.38. The summed E-state index contributed by atoms with van der Waals surface area (Å²) in [6.07, 6.45) is -10.1. The van der Waals surface area contributed by atoms with Crippen LogP contribution < -0.4 is 5.63 Å². The third kappa shape index (κ3) is 5.35. The highest BCUT2D eigenvalue weighted by molar-refractivity contribution is 6.07. The Morgan fingerprint density at radius 3 is 1.92 bits per heavy atom. The highest BCUT2D eigenvalue weighted by atomic mass is 19.4. The van der Waals surface area contributed by atoms with E-state index >= 15 is 0 Å². The van der Waals surface area contributed by atoms with Crippen LogP contribution in [0, 0.1) is 5.82 Å². The smallest absolute Gasteiger partial charge is 0.416 e. The molecule has 37 heavy (non-hydrogen) atoms. The number of fused-ring (bicyclic) bond motifs is 1. The van der Waals surface area contributed by atoms with Crippen molar-refractivity contribution in [2.75, 3.05) is 7.05 Å². The average Bonchev–Trinajstić information content (AvgIpc) is 2.83. The van der Waals surface area contributed by atoms with Crippen molar-refractivity contribution in [3.05, 3.63) is 105 Å². The van der Waals surface area contributed by atoms with E-state index < -0.39 is 58.7 Å². The van der Waals surface area contributed by atoms with E-state index in [0.29, 0.717) is 23.1 Å². The Hall–Kier alpha value is -4.15. The molecule has 0 unspecified atom stereocenters. The summed E-state index contributed by atoms with van der Waals surface area (Å²) >= 11 is 0. The number of benzene rings is 3. The molecule has 1 amide bonds. The van der Waals surface area contributed by atoms with Gasteiger partial charge in [0.25, 0.3) is 5.91 Å². The minimum Gasteiger partial charge on any atom is -0.416 e. The number of hydrogen-bond acceptors (Lipinski definition) is 3. The van der Waals surface area contributed by atoms with Crippen LogP contribution in [0.25, 0.3) is 21.9 Å². The number of hydrogen-bond donors (Lipinski definition) is 0. The molecule has 11 heteroatoms. The molecule has 1 aromatic heterocycles.